The second-order valence-corrected chi connectivity index (χ2v) is 36.9. The number of halogens is 5. The van der Waals surface area contributed by atoms with Crippen molar-refractivity contribution in [3.05, 3.63) is 198 Å². The summed E-state index contributed by atoms with van der Waals surface area (Å²) in [6, 6.07) is 19.0. The molecule has 13 rings (SSSR count). The predicted octanol–water partition coefficient (Wildman–Crippen LogP) is 15.5. The first-order chi connectivity index (χ1) is 67.9. The predicted molar refractivity (Wildman–Crippen MR) is 538 cm³/mol. The second kappa shape index (κ2) is 58.7. The van der Waals surface area contributed by atoms with Crippen LogP contribution in [-0.4, -0.2) is 247 Å². The van der Waals surface area contributed by atoms with Crippen molar-refractivity contribution < 1.29 is 83.2 Å². The van der Waals surface area contributed by atoms with Gasteiger partial charge in [0.05, 0.1) is 94.4 Å². The number of hydrogen-bond acceptors (Lipinski definition) is 20. The first-order valence-electron chi connectivity index (χ1n) is 46.8. The van der Waals surface area contributed by atoms with E-state index in [1.54, 1.807) is 49.3 Å². The van der Waals surface area contributed by atoms with Gasteiger partial charge < -0.3 is 79.8 Å². The topological polar surface area (TPSA) is 437 Å². The van der Waals surface area contributed by atoms with Crippen LogP contribution in [0.15, 0.2) is 117 Å². The Morgan fingerprint density at radius 3 is 0.730 bits per heavy atom. The van der Waals surface area contributed by atoms with Gasteiger partial charge in [0.1, 0.15) is 70.2 Å². The Morgan fingerprint density at radius 1 is 0.362 bits per heavy atom. The van der Waals surface area contributed by atoms with Crippen molar-refractivity contribution in [2.75, 3.05) is 82.6 Å². The number of aromatic amines is 5. The van der Waals surface area contributed by atoms with Crippen LogP contribution in [0.5, 0.6) is 0 Å². The zero-order chi connectivity index (χ0) is 104. The number of carbonyl (C=O) groups excluding carboxylic acids is 10. The summed E-state index contributed by atoms with van der Waals surface area (Å²) in [6.07, 6.45) is 25.7. The van der Waals surface area contributed by atoms with Crippen LogP contribution >= 0.6 is 47.8 Å². The Morgan fingerprint density at radius 2 is 0.546 bits per heavy atom. The molecule has 10 amide bonds. The molecule has 35 nitrogen and oxygen atoms in total. The van der Waals surface area contributed by atoms with E-state index < -0.39 is 75.0 Å². The Labute approximate surface area is 851 Å². The number of likely N-dealkylation sites (tertiary alicyclic amines) is 5. The molecule has 141 heavy (non-hydrogen) atoms. The molecule has 5 fully saturated rings. The number of imidazole rings is 5. The van der Waals surface area contributed by atoms with Crippen LogP contribution in [0.3, 0.4) is 0 Å². The molecule has 0 spiro atoms. The normalized spacial score (nSPS) is 17.0. The number of nitrogens with one attached hydrogen (secondary N) is 10. The van der Waals surface area contributed by atoms with Crippen LogP contribution in [0.2, 0.25) is 0 Å². The molecule has 8 aromatic rings. The summed E-state index contributed by atoms with van der Waals surface area (Å²) in [5, 5.41) is 13.2. The number of H-pyrrole nitrogens is 5. The SMILES string of the molecule is Brc1ccc(Br)cc1.C.C#Cc1cnc([C@@H]2CCCN2C(=O)[C@@H](NC(=O)OC)C(C)C)[nH]1.COC(=O)N[C@H](C(=O)N1CCC[C@H]1c1ncc(C#Cc2ccc(Br)cc2)[nH]1)C(C)C.COC(=O)N[C@H](C(=O)N1CCC[C@H]1c1ncc(C#Cc2ccc(C#Cc3cnc([C@@H]4CCCN4C(=O)[C@@H](NC(=O)OC)C(C)C)[nH]3)cc2)[nH]1)C(C)C.[2H]CF.[2H]CF.[C+]#Cc1cnc([C@@H]2CCCN2C(=O)[C@@H](NC(=O)OC)C(C)C)[nH]1. The van der Waals surface area contributed by atoms with Crippen LogP contribution in [0, 0.1) is 89.8 Å². The summed E-state index contributed by atoms with van der Waals surface area (Å²) in [7, 11) is 4.39. The van der Waals surface area contributed by atoms with Gasteiger partial charge in [-0.15, -0.1) is 6.42 Å². The molecule has 756 valence electrons. The van der Waals surface area contributed by atoms with E-state index in [1.807, 2.05) is 142 Å². The Balaban J connectivity index is 0.000000293. The molecule has 3 aromatic carbocycles. The molecule has 5 aliphatic heterocycles. The minimum absolute atomic E-state index is 0. The van der Waals surface area contributed by atoms with Gasteiger partial charge in [0, 0.05) is 56.3 Å². The number of benzene rings is 3. The van der Waals surface area contributed by atoms with Gasteiger partial charge in [-0.3, -0.25) is 28.0 Å². The van der Waals surface area contributed by atoms with Crippen molar-refractivity contribution >= 4 is 108 Å². The third kappa shape index (κ3) is 34.0. The van der Waals surface area contributed by atoms with E-state index >= 15 is 0 Å². The van der Waals surface area contributed by atoms with Crippen LogP contribution in [-0.2, 0) is 47.7 Å². The molecular formula is C101H128Br3F2N20O15+. The first-order valence-corrected chi connectivity index (χ1v) is 47.7. The Bertz CT molecular complexity index is 5500. The minimum atomic E-state index is -1.00. The quantitative estimate of drug-likeness (QED) is 0.0192. The zero-order valence-electron chi connectivity index (χ0n) is 83.1. The maximum atomic E-state index is 13.4. The number of methoxy groups -OCH3 is 5. The molecule has 10 heterocycles. The van der Waals surface area contributed by atoms with E-state index in [4.69, 9.17) is 25.1 Å². The molecule has 5 aromatic heterocycles. The summed E-state index contributed by atoms with van der Waals surface area (Å²) in [5.74, 6) is 25.7. The summed E-state index contributed by atoms with van der Waals surface area (Å²) < 4.78 is 57.6. The van der Waals surface area contributed by atoms with Gasteiger partial charge in [-0.1, -0.05) is 134 Å². The fraction of sp³-hybridized carbons (Fsp3) is 0.475. The first kappa shape index (κ1) is 113. The molecule has 5 saturated heterocycles. The van der Waals surface area contributed by atoms with E-state index in [-0.39, 0.29) is 96.8 Å². The molecule has 40 heteroatoms. The number of carbonyl (C=O) groups is 10. The van der Waals surface area contributed by atoms with Crippen LogP contribution in [0.4, 0.5) is 32.8 Å². The van der Waals surface area contributed by atoms with Crippen LogP contribution in [0.1, 0.15) is 248 Å². The number of ether oxygens (including phenoxy) is 5. The summed E-state index contributed by atoms with van der Waals surface area (Å²) >= 11 is 10.1. The standard InChI is InChI=1S/C38H46N8O6.C22H25BrN4O3.C16H22N4O3.C16H20N4O3.C6H4Br2.2CH3F.CH4/c1-23(2)31(43-37(49)51-5)35(47)45-19-7-9-29(45)33-39-21-27(41-33)17-15-25-11-13-26(14-12-25)16-18-28-22-40-34(42-28)30-10-8-20-46(30)36(48)32(24(3)4)44-38(50)52-6;1-14(2)19(26-22(29)30-3)21(28)27-12-4-5-18(27)20-24-13-17(25-20)11-8-15-6-9-16(23)10-7-15;2*1-5-11-9-17-14(18-11)12-7-6-8-20(12)15(21)13(10(2)3)19-16(22)23-4;7-5-1-2-6(8)4-3-5;2*1-2;/h11-14,21-24,29-32H,7-10,19-20H2,1-6H3,(H,39,41)(H,40,42)(H,43,49)(H,44,50);6-7,9-10,13-14,18-19H,4-5,12H2,1-3H3,(H,24,25)(H,26,29);1,9-10,12-13H,6-8H2,2-4H3,(H,17,18)(H,19,22);9-10,12-13H,6-8H2,2-4H3,(H-,17,18,19,22);1-4H;2*1H3;1H4/p+1/t29-,30-,31-,32-;18-,19-;2*12-,13-;;;;/m0000..../s1/i;;;;;2*1D;. The number of rotatable bonds is 20. The van der Waals surface area contributed by atoms with Crippen molar-refractivity contribution in [3.8, 4) is 53.8 Å². The number of amides is 10. The van der Waals surface area contributed by atoms with Crippen LogP contribution < -0.4 is 26.6 Å². The third-order valence-electron chi connectivity index (χ3n) is 23.0. The van der Waals surface area contributed by atoms with Gasteiger partial charge in [-0.2, -0.15) is 0 Å². The molecule has 0 aliphatic carbocycles. The number of terminal acetylenes is 1. The molecule has 10 atom stereocenters. The van der Waals surface area contributed by atoms with Gasteiger partial charge in [0.2, 0.25) is 23.6 Å². The van der Waals surface area contributed by atoms with Crippen molar-refractivity contribution in [2.45, 2.75) is 201 Å². The van der Waals surface area contributed by atoms with E-state index in [0.717, 1.165) is 94.3 Å². The van der Waals surface area contributed by atoms with E-state index in [2.05, 4.69) is 186 Å². The van der Waals surface area contributed by atoms with Crippen molar-refractivity contribution in [3.63, 3.8) is 0 Å². The summed E-state index contributed by atoms with van der Waals surface area (Å²) in [5.41, 5.74) is 5.51. The molecule has 0 bridgehead atoms. The zero-order valence-corrected chi connectivity index (χ0v) is 85.8. The van der Waals surface area contributed by atoms with E-state index in [9.17, 15) is 56.7 Å². The van der Waals surface area contributed by atoms with Crippen LogP contribution in [0.25, 0.3) is 0 Å². The maximum absolute atomic E-state index is 13.4. The molecule has 5 aliphatic rings. The summed E-state index contributed by atoms with van der Waals surface area (Å²) in [4.78, 5) is 171. The molecule has 0 radical (unpaired) electrons. The Hall–Kier alpha value is -13.3. The number of nitrogens with zero attached hydrogens (tertiary/aromatic N) is 10. The van der Waals surface area contributed by atoms with Gasteiger partial charge in [-0.05, 0) is 166 Å². The Kier molecular flexibility index (Phi) is 47.1. The fourth-order valence-electron chi connectivity index (χ4n) is 15.8. The van der Waals surface area contributed by atoms with Crippen molar-refractivity contribution in [1.82, 2.24) is 101 Å². The number of aromatic nitrogens is 10. The monoisotopic (exact) mass is 2140 g/mol. The van der Waals surface area contributed by atoms with Gasteiger partial charge in [0.15, 0.2) is 0 Å². The average molecular weight is 2140 g/mol. The van der Waals surface area contributed by atoms with Crippen molar-refractivity contribution in [1.29, 1.82) is 0 Å². The average Bonchev–Trinajstić information content (AvgIpc) is 1.69. The van der Waals surface area contributed by atoms with Crippen molar-refractivity contribution in [2.24, 2.45) is 29.6 Å². The van der Waals surface area contributed by atoms with Gasteiger partial charge in [-0.25, -0.2) is 39.1 Å². The van der Waals surface area contributed by atoms with Gasteiger partial charge >= 0.3 is 159 Å². The van der Waals surface area contributed by atoms with E-state index in [1.165, 1.54) is 41.7 Å². The molecular weight excluding hydrogens is 2010 g/mol. The molecule has 10 N–H and O–H groups in total. The van der Waals surface area contributed by atoms with E-state index in [0.29, 0.717) is 90.3 Å². The second-order valence-electron chi connectivity index (χ2n) is 34.2. The number of alkyl carbamates (subject to hydrolysis) is 5. The summed E-state index contributed by atoms with van der Waals surface area (Å²) in [6.45, 7) is 21.8. The fourth-order valence-corrected chi connectivity index (χ4v) is 16.6. The number of hydrogen-bond donors (Lipinski definition) is 10. The molecule has 0 unspecified atom stereocenters. The molecule has 0 saturated carbocycles. The third-order valence-corrected chi connectivity index (χ3v) is 24.6. The number of alkyl halides is 2. The van der Waals surface area contributed by atoms with Gasteiger partial charge in [0.25, 0.3) is 0 Å².